The van der Waals surface area contributed by atoms with Gasteiger partial charge in [-0.15, -0.1) is 0 Å². The van der Waals surface area contributed by atoms with Gasteiger partial charge in [-0.3, -0.25) is 9.48 Å². The molecule has 2 rings (SSSR count). The Morgan fingerprint density at radius 1 is 1.47 bits per heavy atom. The summed E-state index contributed by atoms with van der Waals surface area (Å²) in [5, 5.41) is 4.07. The first-order valence-electron chi connectivity index (χ1n) is 5.14. The maximum absolute atomic E-state index is 12.0. The Balaban J connectivity index is 2.00. The van der Waals surface area contributed by atoms with Crippen LogP contribution in [-0.2, 0) is 9.53 Å². The van der Waals surface area contributed by atoms with E-state index in [4.69, 9.17) is 4.74 Å². The minimum absolute atomic E-state index is 0.113. The van der Waals surface area contributed by atoms with E-state index >= 15 is 0 Å². The summed E-state index contributed by atoms with van der Waals surface area (Å²) in [4.78, 5) is 13.8. The Morgan fingerprint density at radius 3 is 2.80 bits per heavy atom. The fraction of sp³-hybridized carbons (Fsp3) is 0.600. The van der Waals surface area contributed by atoms with Crippen molar-refractivity contribution in [2.24, 2.45) is 0 Å². The maximum Gasteiger partial charge on any atom is 0.247 e. The van der Waals surface area contributed by atoms with Gasteiger partial charge in [0, 0.05) is 25.5 Å². The third-order valence-corrected chi connectivity index (χ3v) is 2.60. The predicted molar refractivity (Wildman–Crippen MR) is 54.3 cm³/mol. The highest BCUT2D eigenvalue weighted by atomic mass is 16.5. The fourth-order valence-corrected chi connectivity index (χ4v) is 1.67. The Labute approximate surface area is 88.6 Å². The summed E-state index contributed by atoms with van der Waals surface area (Å²) in [6, 6.07) is 1.60. The molecule has 1 aromatic rings. The molecule has 82 valence electrons. The van der Waals surface area contributed by atoms with Crippen molar-refractivity contribution in [3.8, 4) is 0 Å². The van der Waals surface area contributed by atoms with Gasteiger partial charge in [0.25, 0.3) is 0 Å². The first kappa shape index (κ1) is 10.2. The van der Waals surface area contributed by atoms with Gasteiger partial charge < -0.3 is 9.64 Å². The zero-order valence-electron chi connectivity index (χ0n) is 8.80. The summed E-state index contributed by atoms with van der Waals surface area (Å²) < 4.78 is 6.88. The monoisotopic (exact) mass is 209 g/mol. The Bertz CT molecular complexity index is 317. The topological polar surface area (TPSA) is 47.4 Å². The van der Waals surface area contributed by atoms with Crippen LogP contribution < -0.4 is 0 Å². The molecule has 15 heavy (non-hydrogen) atoms. The number of hydrogen-bond donors (Lipinski definition) is 0. The number of morpholine rings is 1. The zero-order chi connectivity index (χ0) is 10.7. The van der Waals surface area contributed by atoms with Crippen LogP contribution in [0.1, 0.15) is 13.0 Å². The van der Waals surface area contributed by atoms with Gasteiger partial charge in [0.05, 0.1) is 13.2 Å². The molecule has 1 aliphatic heterocycles. The molecule has 1 aliphatic rings. The summed E-state index contributed by atoms with van der Waals surface area (Å²) in [5.74, 6) is 0.113. The van der Waals surface area contributed by atoms with E-state index in [-0.39, 0.29) is 11.9 Å². The highest BCUT2D eigenvalue weighted by Gasteiger charge is 2.23. The van der Waals surface area contributed by atoms with Gasteiger partial charge in [-0.2, -0.15) is 5.10 Å². The molecule has 0 aromatic carbocycles. The molecule has 1 amide bonds. The molecule has 0 spiro atoms. The van der Waals surface area contributed by atoms with Crippen LogP contribution in [0.2, 0.25) is 0 Å². The molecular weight excluding hydrogens is 194 g/mol. The summed E-state index contributed by atoms with van der Waals surface area (Å²) in [7, 11) is 0. The number of rotatable bonds is 2. The van der Waals surface area contributed by atoms with Crippen molar-refractivity contribution in [1.82, 2.24) is 14.7 Å². The third kappa shape index (κ3) is 2.18. The number of ether oxygens (including phenoxy) is 1. The fourth-order valence-electron chi connectivity index (χ4n) is 1.67. The number of carbonyl (C=O) groups excluding carboxylic acids is 1. The molecule has 1 unspecified atom stereocenters. The molecule has 1 saturated heterocycles. The van der Waals surface area contributed by atoms with Crippen molar-refractivity contribution < 1.29 is 9.53 Å². The van der Waals surface area contributed by atoms with E-state index in [9.17, 15) is 4.79 Å². The largest absolute Gasteiger partial charge is 0.378 e. The second-order valence-corrected chi connectivity index (χ2v) is 3.60. The van der Waals surface area contributed by atoms with E-state index in [1.807, 2.05) is 24.1 Å². The summed E-state index contributed by atoms with van der Waals surface area (Å²) in [5.41, 5.74) is 0. The lowest BCUT2D eigenvalue weighted by atomic mass is 10.2. The van der Waals surface area contributed by atoms with Crippen LogP contribution >= 0.6 is 0 Å². The maximum atomic E-state index is 12.0. The van der Waals surface area contributed by atoms with Gasteiger partial charge in [0.15, 0.2) is 0 Å². The normalized spacial score (nSPS) is 18.9. The molecule has 5 nitrogen and oxygen atoms in total. The van der Waals surface area contributed by atoms with E-state index in [1.165, 1.54) is 0 Å². The second kappa shape index (κ2) is 4.44. The number of nitrogens with zero attached hydrogens (tertiary/aromatic N) is 3. The average molecular weight is 209 g/mol. The van der Waals surface area contributed by atoms with Crippen molar-refractivity contribution in [3.63, 3.8) is 0 Å². The zero-order valence-corrected chi connectivity index (χ0v) is 8.80. The Kier molecular flexibility index (Phi) is 3.01. The molecular formula is C10H15N3O2. The lowest BCUT2D eigenvalue weighted by Crippen LogP contribution is -2.43. The lowest BCUT2D eigenvalue weighted by Gasteiger charge is -2.29. The van der Waals surface area contributed by atoms with Crippen LogP contribution in [-0.4, -0.2) is 46.9 Å². The van der Waals surface area contributed by atoms with Gasteiger partial charge in [-0.05, 0) is 13.0 Å². The summed E-state index contributed by atoms with van der Waals surface area (Å²) >= 11 is 0. The molecule has 1 atom stereocenters. The van der Waals surface area contributed by atoms with E-state index in [1.54, 1.807) is 10.9 Å². The molecule has 0 N–H and O–H groups in total. The number of aromatic nitrogens is 2. The van der Waals surface area contributed by atoms with Crippen molar-refractivity contribution in [2.45, 2.75) is 13.0 Å². The van der Waals surface area contributed by atoms with Crippen LogP contribution in [0.4, 0.5) is 0 Å². The van der Waals surface area contributed by atoms with Crippen LogP contribution in [0.15, 0.2) is 18.5 Å². The number of amides is 1. The SMILES string of the molecule is CC(C(=O)N1CCOCC1)n1cccn1. The van der Waals surface area contributed by atoms with Gasteiger partial charge in [0.1, 0.15) is 6.04 Å². The predicted octanol–water partition coefficient (Wildman–Crippen LogP) is 0.303. The van der Waals surface area contributed by atoms with Gasteiger partial charge in [-0.1, -0.05) is 0 Å². The molecule has 0 aliphatic carbocycles. The highest BCUT2D eigenvalue weighted by molar-refractivity contribution is 5.80. The quantitative estimate of drug-likeness (QED) is 0.704. The second-order valence-electron chi connectivity index (χ2n) is 3.60. The molecule has 1 aromatic heterocycles. The standard InChI is InChI=1S/C10H15N3O2/c1-9(13-4-2-3-11-13)10(14)12-5-7-15-8-6-12/h2-4,9H,5-8H2,1H3. The molecule has 0 saturated carbocycles. The van der Waals surface area contributed by atoms with E-state index in [0.717, 1.165) is 0 Å². The molecule has 2 heterocycles. The van der Waals surface area contributed by atoms with Crippen LogP contribution in [0, 0.1) is 0 Å². The lowest BCUT2D eigenvalue weighted by molar-refractivity contribution is -0.138. The van der Waals surface area contributed by atoms with Gasteiger partial charge in [-0.25, -0.2) is 0 Å². The number of carbonyl (C=O) groups is 1. The first-order valence-corrected chi connectivity index (χ1v) is 5.14. The summed E-state index contributed by atoms with van der Waals surface area (Å²) in [6.45, 7) is 4.51. The van der Waals surface area contributed by atoms with Crippen molar-refractivity contribution in [3.05, 3.63) is 18.5 Å². The minimum atomic E-state index is -0.224. The van der Waals surface area contributed by atoms with E-state index < -0.39 is 0 Å². The van der Waals surface area contributed by atoms with Crippen molar-refractivity contribution >= 4 is 5.91 Å². The van der Waals surface area contributed by atoms with Gasteiger partial charge >= 0.3 is 0 Å². The van der Waals surface area contributed by atoms with E-state index in [2.05, 4.69) is 5.10 Å². The number of hydrogen-bond acceptors (Lipinski definition) is 3. The third-order valence-electron chi connectivity index (χ3n) is 2.60. The van der Waals surface area contributed by atoms with Gasteiger partial charge in [0.2, 0.25) is 5.91 Å². The van der Waals surface area contributed by atoms with E-state index in [0.29, 0.717) is 26.3 Å². The van der Waals surface area contributed by atoms with Crippen LogP contribution in [0.3, 0.4) is 0 Å². The molecule has 1 fully saturated rings. The molecule has 0 radical (unpaired) electrons. The minimum Gasteiger partial charge on any atom is -0.378 e. The average Bonchev–Trinajstić information content (AvgIpc) is 2.82. The summed E-state index contributed by atoms with van der Waals surface area (Å²) in [6.07, 6.45) is 3.49. The van der Waals surface area contributed by atoms with Crippen molar-refractivity contribution in [1.29, 1.82) is 0 Å². The Morgan fingerprint density at radius 2 is 2.20 bits per heavy atom. The molecule has 0 bridgehead atoms. The van der Waals surface area contributed by atoms with Crippen LogP contribution in [0.5, 0.6) is 0 Å². The highest BCUT2D eigenvalue weighted by Crippen LogP contribution is 2.09. The van der Waals surface area contributed by atoms with Crippen LogP contribution in [0.25, 0.3) is 0 Å². The Hall–Kier alpha value is -1.36. The van der Waals surface area contributed by atoms with Crippen molar-refractivity contribution in [2.75, 3.05) is 26.3 Å². The first-order chi connectivity index (χ1) is 7.29. The smallest absolute Gasteiger partial charge is 0.247 e. The molecule has 5 heteroatoms.